The second kappa shape index (κ2) is 4.77. The normalized spacial score (nSPS) is 10.5. The topological polar surface area (TPSA) is 39.2 Å². The van der Waals surface area contributed by atoms with E-state index in [-0.39, 0.29) is 12.1 Å². The highest BCUT2D eigenvalue weighted by Crippen LogP contribution is 2.21. The predicted molar refractivity (Wildman–Crippen MR) is 44.9 cm³/mol. The van der Waals surface area contributed by atoms with Gasteiger partial charge in [-0.25, -0.2) is 13.2 Å². The van der Waals surface area contributed by atoms with Crippen molar-refractivity contribution in [2.24, 2.45) is 0 Å². The summed E-state index contributed by atoms with van der Waals surface area (Å²) in [7, 11) is 1.17. The van der Waals surface area contributed by atoms with Gasteiger partial charge in [-0.1, -0.05) is 0 Å². The Hall–Kier alpha value is -1.59. The van der Waals surface area contributed by atoms with Gasteiger partial charge in [-0.15, -0.1) is 0 Å². The minimum absolute atomic E-state index is 0.0542. The number of pyridine rings is 1. The molecule has 0 N–H and O–H groups in total. The molecule has 15 heavy (non-hydrogen) atoms. The van der Waals surface area contributed by atoms with Crippen molar-refractivity contribution in [3.05, 3.63) is 29.3 Å². The summed E-state index contributed by atoms with van der Waals surface area (Å²) in [5, 5.41) is 0. The van der Waals surface area contributed by atoms with Crippen molar-refractivity contribution < 1.29 is 22.7 Å². The van der Waals surface area contributed by atoms with Gasteiger partial charge < -0.3 is 4.74 Å². The fourth-order valence-electron chi connectivity index (χ4n) is 0.984. The number of alkyl halides is 2. The Balaban J connectivity index is 2.92. The third-order valence-electron chi connectivity index (χ3n) is 1.73. The summed E-state index contributed by atoms with van der Waals surface area (Å²) >= 11 is 0. The molecule has 0 aliphatic carbocycles. The largest absolute Gasteiger partial charge is 0.469 e. The van der Waals surface area contributed by atoms with E-state index in [4.69, 9.17) is 0 Å². The summed E-state index contributed by atoms with van der Waals surface area (Å²) < 4.78 is 41.6. The van der Waals surface area contributed by atoms with E-state index in [0.29, 0.717) is 6.20 Å². The second-order valence-corrected chi connectivity index (χ2v) is 2.75. The van der Waals surface area contributed by atoms with Crippen molar-refractivity contribution in [3.63, 3.8) is 0 Å². The van der Waals surface area contributed by atoms with Gasteiger partial charge in [-0.3, -0.25) is 9.78 Å². The maximum Gasteiger partial charge on any atom is 0.311 e. The predicted octanol–water partition coefficient (Wildman–Crippen LogP) is 1.87. The van der Waals surface area contributed by atoms with Crippen LogP contribution in [0, 0.1) is 5.82 Å². The zero-order valence-corrected chi connectivity index (χ0v) is 7.84. The van der Waals surface area contributed by atoms with Gasteiger partial charge in [0, 0.05) is 0 Å². The molecule has 1 heterocycles. The van der Waals surface area contributed by atoms with Crippen LogP contribution in [0.5, 0.6) is 0 Å². The van der Waals surface area contributed by atoms with Crippen LogP contribution in [0.1, 0.15) is 17.7 Å². The van der Waals surface area contributed by atoms with Gasteiger partial charge in [-0.05, 0) is 6.07 Å². The summed E-state index contributed by atoms with van der Waals surface area (Å²) in [6, 6.07) is 0.858. The van der Waals surface area contributed by atoms with Crippen LogP contribution < -0.4 is 0 Å². The number of halogens is 3. The first-order chi connectivity index (χ1) is 7.04. The van der Waals surface area contributed by atoms with Crippen molar-refractivity contribution in [2.45, 2.75) is 12.8 Å². The lowest BCUT2D eigenvalue weighted by atomic mass is 10.2. The van der Waals surface area contributed by atoms with Crippen molar-refractivity contribution in [2.75, 3.05) is 7.11 Å². The standard InChI is InChI=1S/C9H8F3NO2/c1-15-8(14)3-5-2-6(9(11)12)7(10)4-13-5/h2,4,9H,3H2,1H3. The minimum atomic E-state index is -2.93. The Labute approximate surface area is 83.9 Å². The number of carbonyl (C=O) groups is 1. The number of hydrogen-bond acceptors (Lipinski definition) is 3. The highest BCUT2D eigenvalue weighted by atomic mass is 19.3. The van der Waals surface area contributed by atoms with E-state index >= 15 is 0 Å². The molecule has 0 amide bonds. The van der Waals surface area contributed by atoms with E-state index in [1.54, 1.807) is 0 Å². The molecule has 0 fully saturated rings. The lowest BCUT2D eigenvalue weighted by molar-refractivity contribution is -0.139. The van der Waals surface area contributed by atoms with Crippen LogP contribution in [0.2, 0.25) is 0 Å². The fraction of sp³-hybridized carbons (Fsp3) is 0.333. The third kappa shape index (κ3) is 2.93. The third-order valence-corrected chi connectivity index (χ3v) is 1.73. The second-order valence-electron chi connectivity index (χ2n) is 2.75. The van der Waals surface area contributed by atoms with E-state index < -0.39 is 23.8 Å². The number of carbonyl (C=O) groups excluding carboxylic acids is 1. The highest BCUT2D eigenvalue weighted by molar-refractivity contribution is 5.71. The first kappa shape index (κ1) is 11.5. The van der Waals surface area contributed by atoms with Crippen LogP contribution in [-0.2, 0) is 16.0 Å². The molecule has 0 spiro atoms. The smallest absolute Gasteiger partial charge is 0.311 e. The summed E-state index contributed by atoms with van der Waals surface area (Å²) in [5.41, 5.74) is -0.706. The van der Waals surface area contributed by atoms with Crippen LogP contribution in [-0.4, -0.2) is 18.1 Å². The Morgan fingerprint density at radius 3 is 2.80 bits per heavy atom. The SMILES string of the molecule is COC(=O)Cc1cc(C(F)F)c(F)cn1. The average Bonchev–Trinajstić information content (AvgIpc) is 2.20. The highest BCUT2D eigenvalue weighted by Gasteiger charge is 2.15. The molecule has 0 saturated carbocycles. The zero-order valence-electron chi connectivity index (χ0n) is 7.84. The van der Waals surface area contributed by atoms with Gasteiger partial charge >= 0.3 is 5.97 Å². The molecule has 0 aliphatic heterocycles. The molecule has 0 radical (unpaired) electrons. The number of nitrogens with zero attached hydrogens (tertiary/aromatic N) is 1. The number of aromatic nitrogens is 1. The quantitative estimate of drug-likeness (QED) is 0.728. The van der Waals surface area contributed by atoms with E-state index in [9.17, 15) is 18.0 Å². The van der Waals surface area contributed by atoms with Gasteiger partial charge in [0.2, 0.25) is 0 Å². The number of methoxy groups -OCH3 is 1. The Morgan fingerprint density at radius 2 is 2.27 bits per heavy atom. The van der Waals surface area contributed by atoms with E-state index in [0.717, 1.165) is 6.07 Å². The lowest BCUT2D eigenvalue weighted by Crippen LogP contribution is -2.07. The molecule has 1 aromatic rings. The summed E-state index contributed by atoms with van der Waals surface area (Å²) in [5.74, 6) is -1.70. The molecule has 0 bridgehead atoms. The van der Waals surface area contributed by atoms with Gasteiger partial charge in [0.05, 0.1) is 31.0 Å². The van der Waals surface area contributed by atoms with Crippen molar-refractivity contribution in [1.29, 1.82) is 0 Å². The number of esters is 1. The fourth-order valence-corrected chi connectivity index (χ4v) is 0.984. The summed E-state index contributed by atoms with van der Waals surface area (Å²) in [6.45, 7) is 0. The zero-order chi connectivity index (χ0) is 11.4. The summed E-state index contributed by atoms with van der Waals surface area (Å²) in [4.78, 5) is 14.3. The van der Waals surface area contributed by atoms with Crippen LogP contribution in [0.3, 0.4) is 0 Å². The first-order valence-electron chi connectivity index (χ1n) is 4.04. The maximum atomic E-state index is 12.8. The van der Waals surface area contributed by atoms with Crippen LogP contribution >= 0.6 is 0 Å². The minimum Gasteiger partial charge on any atom is -0.469 e. The van der Waals surface area contributed by atoms with Crippen LogP contribution in [0.4, 0.5) is 13.2 Å². The molecule has 0 aliphatic rings. The molecule has 6 heteroatoms. The number of hydrogen-bond donors (Lipinski definition) is 0. The molecule has 0 aromatic carbocycles. The Morgan fingerprint density at radius 1 is 1.60 bits per heavy atom. The average molecular weight is 219 g/mol. The molecular formula is C9H8F3NO2. The van der Waals surface area contributed by atoms with Gasteiger partial charge in [0.15, 0.2) is 0 Å². The number of ether oxygens (including phenoxy) is 1. The van der Waals surface area contributed by atoms with Crippen LogP contribution in [0.15, 0.2) is 12.3 Å². The molecule has 82 valence electrons. The molecular weight excluding hydrogens is 211 g/mol. The monoisotopic (exact) mass is 219 g/mol. The van der Waals surface area contributed by atoms with Crippen molar-refractivity contribution in [1.82, 2.24) is 4.98 Å². The van der Waals surface area contributed by atoms with Crippen LogP contribution in [0.25, 0.3) is 0 Å². The van der Waals surface area contributed by atoms with Gasteiger partial charge in [0.1, 0.15) is 5.82 Å². The van der Waals surface area contributed by atoms with E-state index in [1.165, 1.54) is 7.11 Å². The molecule has 3 nitrogen and oxygen atoms in total. The molecule has 0 saturated heterocycles. The van der Waals surface area contributed by atoms with Crippen molar-refractivity contribution in [3.8, 4) is 0 Å². The van der Waals surface area contributed by atoms with E-state index in [2.05, 4.69) is 9.72 Å². The van der Waals surface area contributed by atoms with Gasteiger partial charge in [-0.2, -0.15) is 0 Å². The van der Waals surface area contributed by atoms with Crippen molar-refractivity contribution >= 4 is 5.97 Å². The molecule has 0 atom stereocenters. The molecule has 1 rings (SSSR count). The van der Waals surface area contributed by atoms with Gasteiger partial charge in [0.25, 0.3) is 6.43 Å². The number of rotatable bonds is 3. The first-order valence-corrected chi connectivity index (χ1v) is 4.04. The molecule has 0 unspecified atom stereocenters. The maximum absolute atomic E-state index is 12.8. The van der Waals surface area contributed by atoms with E-state index in [1.807, 2.05) is 0 Å². The molecule has 1 aromatic heterocycles. The lowest BCUT2D eigenvalue weighted by Gasteiger charge is -2.04. The Bertz CT molecular complexity index is 368. The Kier molecular flexibility index (Phi) is 3.65. The summed E-state index contributed by atoms with van der Waals surface area (Å²) in [6.07, 6.45) is -2.51.